The number of carbonyl (C=O) groups is 2. The number of thiophene rings is 1. The van der Waals surface area contributed by atoms with E-state index in [9.17, 15) is 9.59 Å². The second-order valence-electron chi connectivity index (χ2n) is 9.28. The van der Waals surface area contributed by atoms with Gasteiger partial charge in [0, 0.05) is 12.2 Å². The first kappa shape index (κ1) is 23.8. The number of aromatic nitrogens is 2. The van der Waals surface area contributed by atoms with Crippen molar-refractivity contribution in [1.29, 1.82) is 0 Å². The fourth-order valence-electron chi connectivity index (χ4n) is 4.68. The molecule has 0 saturated heterocycles. The van der Waals surface area contributed by atoms with Gasteiger partial charge in [-0.2, -0.15) is 5.10 Å². The highest BCUT2D eigenvalue weighted by atomic mass is 32.1. The molecule has 5 rings (SSSR count). The molecule has 2 aromatic carbocycles. The normalized spacial score (nSPS) is 17.1. The number of nitrogens with zero attached hydrogens (tertiary/aromatic N) is 3. The van der Waals surface area contributed by atoms with E-state index >= 15 is 0 Å². The molecule has 1 aliphatic rings. The Kier molecular flexibility index (Phi) is 6.14. The average molecular weight is 501 g/mol. The van der Waals surface area contributed by atoms with E-state index < -0.39 is 5.54 Å². The standard InChI is InChI=1S/C28H28N4O3S/c1-18-7-12-23(19(2)14-18)32-26(33)24-15-22(25-6-5-13-36-25)30-31(24)17-28(32,3)27(34)29-16-20-8-10-21(35-4)11-9-20/h5-15H,16-17H2,1-4H3,(H,29,34)/t28-/m1/s1. The Morgan fingerprint density at radius 3 is 2.58 bits per heavy atom. The Balaban J connectivity index is 1.52. The molecular weight excluding hydrogens is 472 g/mol. The summed E-state index contributed by atoms with van der Waals surface area (Å²) in [6.45, 7) is 6.36. The third-order valence-corrected chi connectivity index (χ3v) is 7.51. The van der Waals surface area contributed by atoms with Crippen LogP contribution in [0.1, 0.15) is 34.1 Å². The van der Waals surface area contributed by atoms with Crippen molar-refractivity contribution in [1.82, 2.24) is 15.1 Å². The summed E-state index contributed by atoms with van der Waals surface area (Å²) >= 11 is 1.57. The minimum absolute atomic E-state index is 0.237. The zero-order valence-electron chi connectivity index (χ0n) is 20.7. The van der Waals surface area contributed by atoms with Gasteiger partial charge in [-0.3, -0.25) is 19.2 Å². The number of carbonyl (C=O) groups excluding carboxylic acids is 2. The minimum atomic E-state index is -1.19. The maximum absolute atomic E-state index is 14.0. The highest BCUT2D eigenvalue weighted by Crippen LogP contribution is 2.36. The molecular formula is C28H28N4O3S. The number of ether oxygens (including phenoxy) is 1. The molecule has 0 radical (unpaired) electrons. The van der Waals surface area contributed by atoms with E-state index in [4.69, 9.17) is 9.84 Å². The van der Waals surface area contributed by atoms with Crippen LogP contribution in [-0.4, -0.2) is 34.2 Å². The largest absolute Gasteiger partial charge is 0.497 e. The molecule has 36 heavy (non-hydrogen) atoms. The number of hydrogen-bond acceptors (Lipinski definition) is 5. The number of anilines is 1. The molecule has 0 saturated carbocycles. The van der Waals surface area contributed by atoms with Gasteiger partial charge in [0.15, 0.2) is 0 Å². The molecule has 7 nitrogen and oxygen atoms in total. The van der Waals surface area contributed by atoms with E-state index in [1.807, 2.05) is 86.8 Å². The summed E-state index contributed by atoms with van der Waals surface area (Å²) in [5.41, 5.74) is 3.71. The second-order valence-corrected chi connectivity index (χ2v) is 10.2. The molecule has 2 aromatic heterocycles. The second kappa shape index (κ2) is 9.28. The van der Waals surface area contributed by atoms with E-state index in [1.165, 1.54) is 0 Å². The van der Waals surface area contributed by atoms with Crippen molar-refractivity contribution < 1.29 is 14.3 Å². The third kappa shape index (κ3) is 4.18. The number of hydrogen-bond donors (Lipinski definition) is 1. The van der Waals surface area contributed by atoms with Crippen LogP contribution in [0.3, 0.4) is 0 Å². The average Bonchev–Trinajstić information content (AvgIpc) is 3.54. The number of rotatable bonds is 6. The van der Waals surface area contributed by atoms with Crippen LogP contribution < -0.4 is 15.0 Å². The number of methoxy groups -OCH3 is 1. The van der Waals surface area contributed by atoms with Crippen molar-refractivity contribution >= 4 is 28.8 Å². The van der Waals surface area contributed by atoms with E-state index in [-0.39, 0.29) is 18.4 Å². The van der Waals surface area contributed by atoms with Crippen LogP contribution in [0, 0.1) is 13.8 Å². The number of aryl methyl sites for hydroxylation is 2. The highest BCUT2D eigenvalue weighted by Gasteiger charge is 2.49. The monoisotopic (exact) mass is 500 g/mol. The molecule has 4 aromatic rings. The zero-order chi connectivity index (χ0) is 25.4. The van der Waals surface area contributed by atoms with Gasteiger partial charge in [-0.15, -0.1) is 11.3 Å². The molecule has 2 amide bonds. The van der Waals surface area contributed by atoms with E-state index in [2.05, 4.69) is 5.32 Å². The van der Waals surface area contributed by atoms with Crippen LogP contribution in [0.15, 0.2) is 66.0 Å². The summed E-state index contributed by atoms with van der Waals surface area (Å²) in [4.78, 5) is 30.4. The van der Waals surface area contributed by atoms with E-state index in [0.29, 0.717) is 12.2 Å². The molecule has 0 fully saturated rings. The van der Waals surface area contributed by atoms with Crippen molar-refractivity contribution in [2.45, 2.75) is 39.4 Å². The number of fused-ring (bicyclic) bond motifs is 1. The van der Waals surface area contributed by atoms with E-state index in [0.717, 1.165) is 38.7 Å². The Bertz CT molecular complexity index is 1430. The molecule has 1 aliphatic heterocycles. The summed E-state index contributed by atoms with van der Waals surface area (Å²) in [5, 5.41) is 9.74. The quantitative estimate of drug-likeness (QED) is 0.405. The van der Waals surface area contributed by atoms with Gasteiger partial charge in [0.05, 0.1) is 18.5 Å². The number of nitrogens with one attached hydrogen (secondary N) is 1. The smallest absolute Gasteiger partial charge is 0.277 e. The summed E-state index contributed by atoms with van der Waals surface area (Å²) in [5.74, 6) is 0.264. The van der Waals surface area contributed by atoms with Crippen molar-refractivity contribution in [2.24, 2.45) is 0 Å². The maximum atomic E-state index is 14.0. The Morgan fingerprint density at radius 1 is 1.14 bits per heavy atom. The van der Waals surface area contributed by atoms with Crippen LogP contribution in [0.4, 0.5) is 5.69 Å². The van der Waals surface area contributed by atoms with E-state index in [1.54, 1.807) is 28.0 Å². The van der Waals surface area contributed by atoms with Crippen LogP contribution in [0.25, 0.3) is 10.6 Å². The highest BCUT2D eigenvalue weighted by molar-refractivity contribution is 7.13. The van der Waals surface area contributed by atoms with Gasteiger partial charge in [-0.25, -0.2) is 0 Å². The lowest BCUT2D eigenvalue weighted by Crippen LogP contribution is -2.64. The molecule has 0 bridgehead atoms. The Labute approximate surface area is 214 Å². The molecule has 0 aliphatic carbocycles. The van der Waals surface area contributed by atoms with Gasteiger partial charge in [0.2, 0.25) is 5.91 Å². The van der Waals surface area contributed by atoms with Crippen LogP contribution >= 0.6 is 11.3 Å². The van der Waals surface area contributed by atoms with Crippen LogP contribution in [-0.2, 0) is 17.9 Å². The Morgan fingerprint density at radius 2 is 1.92 bits per heavy atom. The Hall–Kier alpha value is -3.91. The number of benzene rings is 2. The van der Waals surface area contributed by atoms with Gasteiger partial charge in [0.25, 0.3) is 5.91 Å². The molecule has 0 spiro atoms. The summed E-state index contributed by atoms with van der Waals surface area (Å²) in [7, 11) is 1.62. The lowest BCUT2D eigenvalue weighted by atomic mass is 9.92. The molecule has 8 heteroatoms. The summed E-state index contributed by atoms with van der Waals surface area (Å²) in [6, 6.07) is 19.2. The van der Waals surface area contributed by atoms with Gasteiger partial charge >= 0.3 is 0 Å². The molecule has 0 unspecified atom stereocenters. The first-order valence-corrected chi connectivity index (χ1v) is 12.6. The lowest BCUT2D eigenvalue weighted by Gasteiger charge is -2.43. The van der Waals surface area contributed by atoms with Crippen molar-refractivity contribution in [3.8, 4) is 16.3 Å². The van der Waals surface area contributed by atoms with Gasteiger partial charge in [-0.05, 0) is 67.6 Å². The predicted molar refractivity (Wildman–Crippen MR) is 142 cm³/mol. The summed E-state index contributed by atoms with van der Waals surface area (Å²) in [6.07, 6.45) is 0. The first-order chi connectivity index (χ1) is 17.3. The number of amides is 2. The van der Waals surface area contributed by atoms with Crippen molar-refractivity contribution in [3.63, 3.8) is 0 Å². The van der Waals surface area contributed by atoms with Gasteiger partial charge < -0.3 is 10.1 Å². The molecule has 1 N–H and O–H groups in total. The minimum Gasteiger partial charge on any atom is -0.497 e. The topological polar surface area (TPSA) is 76.5 Å². The molecule has 184 valence electrons. The van der Waals surface area contributed by atoms with Crippen LogP contribution in [0.2, 0.25) is 0 Å². The lowest BCUT2D eigenvalue weighted by molar-refractivity contribution is -0.126. The zero-order valence-corrected chi connectivity index (χ0v) is 21.6. The third-order valence-electron chi connectivity index (χ3n) is 6.62. The SMILES string of the molecule is COc1ccc(CNC(=O)[C@@]2(C)Cn3nc(-c4cccs4)cc3C(=O)N2c2ccc(C)cc2C)cc1. The first-order valence-electron chi connectivity index (χ1n) is 11.7. The van der Waals surface area contributed by atoms with Crippen LogP contribution in [0.5, 0.6) is 5.75 Å². The van der Waals surface area contributed by atoms with Crippen molar-refractivity contribution in [2.75, 3.05) is 12.0 Å². The predicted octanol–water partition coefficient (Wildman–Crippen LogP) is 4.97. The molecule has 3 heterocycles. The van der Waals surface area contributed by atoms with Crippen molar-refractivity contribution in [3.05, 3.63) is 88.4 Å². The fourth-order valence-corrected chi connectivity index (χ4v) is 5.36. The van der Waals surface area contributed by atoms with Gasteiger partial charge in [-0.1, -0.05) is 35.9 Å². The summed E-state index contributed by atoms with van der Waals surface area (Å²) < 4.78 is 6.89. The van der Waals surface area contributed by atoms with Gasteiger partial charge in [0.1, 0.15) is 22.7 Å². The maximum Gasteiger partial charge on any atom is 0.277 e. The molecule has 1 atom stereocenters. The fraction of sp³-hybridized carbons (Fsp3) is 0.250.